The number of hydrogen-bond acceptors (Lipinski definition) is 5. The first-order valence-corrected chi connectivity index (χ1v) is 9.95. The highest BCUT2D eigenvalue weighted by Crippen LogP contribution is 2.29. The van der Waals surface area contributed by atoms with Gasteiger partial charge in [0.1, 0.15) is 10.7 Å². The van der Waals surface area contributed by atoms with Crippen LogP contribution in [0.2, 0.25) is 0 Å². The average Bonchev–Trinajstić information content (AvgIpc) is 3.14. The van der Waals surface area contributed by atoms with Crippen LogP contribution in [0, 0.1) is 13.8 Å². The molecule has 0 saturated carbocycles. The summed E-state index contributed by atoms with van der Waals surface area (Å²) < 4.78 is 1.76. The highest BCUT2D eigenvalue weighted by molar-refractivity contribution is 7.98. The lowest BCUT2D eigenvalue weighted by atomic mass is 10.2. The number of imidazole rings is 1. The van der Waals surface area contributed by atoms with E-state index in [1.165, 1.54) is 0 Å². The molecule has 0 fully saturated rings. The molecule has 0 amide bonds. The monoisotopic (exact) mass is 370 g/mol. The molecule has 3 heterocycles. The Morgan fingerprint density at radius 2 is 2.04 bits per heavy atom. The van der Waals surface area contributed by atoms with Gasteiger partial charge < -0.3 is 4.98 Å². The fourth-order valence-electron chi connectivity index (χ4n) is 2.90. The molecule has 0 atom stereocenters. The zero-order valence-corrected chi connectivity index (χ0v) is 15.9. The van der Waals surface area contributed by atoms with Crippen LogP contribution in [-0.4, -0.2) is 19.5 Å². The topological polar surface area (TPSA) is 63.6 Å². The second-order valence-electron chi connectivity index (χ2n) is 5.90. The van der Waals surface area contributed by atoms with Crippen LogP contribution in [0.25, 0.3) is 21.3 Å². The van der Waals surface area contributed by atoms with Crippen molar-refractivity contribution in [2.24, 2.45) is 0 Å². The smallest absolute Gasteiger partial charge is 0.263 e. The number of nitrogens with one attached hydrogen (secondary N) is 1. The van der Waals surface area contributed by atoms with Gasteiger partial charge in [-0.2, -0.15) is 0 Å². The largest absolute Gasteiger partial charge is 0.341 e. The molecule has 0 spiro atoms. The Hall–Kier alpha value is -2.12. The van der Waals surface area contributed by atoms with Crippen LogP contribution in [-0.2, 0) is 12.3 Å². The predicted octanol–water partition coefficient (Wildman–Crippen LogP) is 4.26. The molecule has 0 bridgehead atoms. The van der Waals surface area contributed by atoms with E-state index in [9.17, 15) is 4.79 Å². The summed E-state index contributed by atoms with van der Waals surface area (Å²) in [7, 11) is 0. The number of H-pyrrole nitrogens is 1. The maximum atomic E-state index is 12.9. The number of benzene rings is 1. The van der Waals surface area contributed by atoms with E-state index < -0.39 is 0 Å². The number of nitrogens with zero attached hydrogens (tertiary/aromatic N) is 3. The summed E-state index contributed by atoms with van der Waals surface area (Å²) in [5.74, 6) is 1.54. The van der Waals surface area contributed by atoms with E-state index in [2.05, 4.69) is 9.97 Å². The SMILES string of the molecule is CCn1c(SCc2nc3ccccc3[nH]2)nc2sc(C)c(C)c2c1=O. The summed E-state index contributed by atoms with van der Waals surface area (Å²) in [6.45, 7) is 6.63. The maximum absolute atomic E-state index is 12.9. The van der Waals surface area contributed by atoms with Crippen LogP contribution < -0.4 is 5.56 Å². The van der Waals surface area contributed by atoms with Gasteiger partial charge in [0.2, 0.25) is 0 Å². The van der Waals surface area contributed by atoms with Gasteiger partial charge in [0, 0.05) is 11.4 Å². The Labute approximate surface area is 153 Å². The second-order valence-corrected chi connectivity index (χ2v) is 8.04. The minimum atomic E-state index is 0.0569. The van der Waals surface area contributed by atoms with Crippen LogP contribution in [0.3, 0.4) is 0 Å². The molecule has 0 aliphatic carbocycles. The molecule has 4 aromatic rings. The predicted molar refractivity (Wildman–Crippen MR) is 105 cm³/mol. The fourth-order valence-corrected chi connectivity index (χ4v) is 4.91. The molecule has 1 aromatic carbocycles. The summed E-state index contributed by atoms with van der Waals surface area (Å²) in [6.07, 6.45) is 0. The van der Waals surface area contributed by atoms with Crippen molar-refractivity contribution >= 4 is 44.3 Å². The molecule has 25 heavy (non-hydrogen) atoms. The molecular formula is C18H18N4OS2. The Bertz CT molecular complexity index is 1110. The van der Waals surface area contributed by atoms with Gasteiger partial charge in [-0.3, -0.25) is 9.36 Å². The van der Waals surface area contributed by atoms with Crippen molar-refractivity contribution in [3.8, 4) is 0 Å². The standard InChI is InChI=1S/C18H18N4OS2/c1-4-22-17(23)15-10(2)11(3)25-16(15)21-18(22)24-9-14-19-12-7-5-6-8-13(12)20-14/h5-8H,4,9H2,1-3H3,(H,19,20). The number of hydrogen-bond donors (Lipinski definition) is 1. The maximum Gasteiger partial charge on any atom is 0.263 e. The average molecular weight is 371 g/mol. The lowest BCUT2D eigenvalue weighted by Crippen LogP contribution is -2.22. The van der Waals surface area contributed by atoms with Crippen molar-refractivity contribution in [1.82, 2.24) is 19.5 Å². The Morgan fingerprint density at radius 3 is 2.80 bits per heavy atom. The van der Waals surface area contributed by atoms with Crippen LogP contribution in [0.15, 0.2) is 34.2 Å². The zero-order valence-electron chi connectivity index (χ0n) is 14.3. The van der Waals surface area contributed by atoms with Crippen LogP contribution in [0.1, 0.15) is 23.2 Å². The number of aromatic nitrogens is 4. The lowest BCUT2D eigenvalue weighted by Gasteiger charge is -2.09. The van der Waals surface area contributed by atoms with E-state index >= 15 is 0 Å². The molecule has 0 saturated heterocycles. The summed E-state index contributed by atoms with van der Waals surface area (Å²) >= 11 is 3.14. The summed E-state index contributed by atoms with van der Waals surface area (Å²) in [4.78, 5) is 27.5. The molecule has 4 rings (SSSR count). The molecule has 0 radical (unpaired) electrons. The Balaban J connectivity index is 1.72. The summed E-state index contributed by atoms with van der Waals surface area (Å²) in [5, 5.41) is 1.51. The normalized spacial score (nSPS) is 11.6. The molecule has 7 heteroatoms. The van der Waals surface area contributed by atoms with Crippen molar-refractivity contribution in [2.45, 2.75) is 38.2 Å². The number of thioether (sulfide) groups is 1. The van der Waals surface area contributed by atoms with Gasteiger partial charge in [-0.05, 0) is 38.5 Å². The Morgan fingerprint density at radius 1 is 1.24 bits per heavy atom. The molecule has 0 aliphatic heterocycles. The number of rotatable bonds is 4. The number of aryl methyl sites for hydroxylation is 2. The molecule has 3 aromatic heterocycles. The van der Waals surface area contributed by atoms with Gasteiger partial charge >= 0.3 is 0 Å². The van der Waals surface area contributed by atoms with E-state index in [0.29, 0.717) is 12.3 Å². The third-order valence-corrected chi connectivity index (χ3v) is 6.44. The van der Waals surface area contributed by atoms with Crippen molar-refractivity contribution in [1.29, 1.82) is 0 Å². The van der Waals surface area contributed by atoms with Gasteiger partial charge in [-0.25, -0.2) is 9.97 Å². The lowest BCUT2D eigenvalue weighted by molar-refractivity contribution is 0.635. The molecular weight excluding hydrogens is 352 g/mol. The molecule has 5 nitrogen and oxygen atoms in total. The van der Waals surface area contributed by atoms with E-state index in [-0.39, 0.29) is 5.56 Å². The summed E-state index contributed by atoms with van der Waals surface area (Å²) in [6, 6.07) is 7.97. The highest BCUT2D eigenvalue weighted by atomic mass is 32.2. The van der Waals surface area contributed by atoms with E-state index in [0.717, 1.165) is 42.7 Å². The van der Waals surface area contributed by atoms with Gasteiger partial charge in [-0.1, -0.05) is 23.9 Å². The van der Waals surface area contributed by atoms with Gasteiger partial charge in [0.25, 0.3) is 5.56 Å². The second kappa shape index (κ2) is 6.31. The molecule has 0 aliphatic rings. The fraction of sp³-hybridized carbons (Fsp3) is 0.278. The first-order valence-electron chi connectivity index (χ1n) is 8.15. The quantitative estimate of drug-likeness (QED) is 0.430. The number of fused-ring (bicyclic) bond motifs is 2. The van der Waals surface area contributed by atoms with Crippen molar-refractivity contribution < 1.29 is 0 Å². The van der Waals surface area contributed by atoms with E-state index in [4.69, 9.17) is 4.98 Å². The van der Waals surface area contributed by atoms with Crippen molar-refractivity contribution in [3.63, 3.8) is 0 Å². The van der Waals surface area contributed by atoms with Gasteiger partial charge in [-0.15, -0.1) is 11.3 Å². The first-order chi connectivity index (χ1) is 12.1. The summed E-state index contributed by atoms with van der Waals surface area (Å²) in [5.41, 5.74) is 3.09. The third kappa shape index (κ3) is 2.77. The van der Waals surface area contributed by atoms with Gasteiger partial charge in [0.15, 0.2) is 5.16 Å². The molecule has 1 N–H and O–H groups in total. The van der Waals surface area contributed by atoms with E-state index in [1.54, 1.807) is 27.7 Å². The van der Waals surface area contributed by atoms with Crippen molar-refractivity contribution in [3.05, 3.63) is 50.9 Å². The third-order valence-electron chi connectivity index (χ3n) is 4.35. The van der Waals surface area contributed by atoms with Crippen LogP contribution >= 0.6 is 23.1 Å². The number of thiophene rings is 1. The number of aromatic amines is 1. The Kier molecular flexibility index (Phi) is 4.13. The zero-order chi connectivity index (χ0) is 17.6. The van der Waals surface area contributed by atoms with Crippen molar-refractivity contribution in [2.75, 3.05) is 0 Å². The minimum Gasteiger partial charge on any atom is -0.341 e. The number of para-hydroxylation sites is 2. The molecule has 0 unspecified atom stereocenters. The van der Waals surface area contributed by atoms with E-state index in [1.807, 2.05) is 45.0 Å². The van der Waals surface area contributed by atoms with Gasteiger partial charge in [0.05, 0.1) is 22.2 Å². The van der Waals surface area contributed by atoms with Crippen LogP contribution in [0.4, 0.5) is 0 Å². The first kappa shape index (κ1) is 16.4. The highest BCUT2D eigenvalue weighted by Gasteiger charge is 2.16. The molecule has 128 valence electrons. The van der Waals surface area contributed by atoms with Crippen LogP contribution in [0.5, 0.6) is 0 Å². The minimum absolute atomic E-state index is 0.0569.